The van der Waals surface area contributed by atoms with Crippen LogP contribution in [0.2, 0.25) is 0 Å². The summed E-state index contributed by atoms with van der Waals surface area (Å²) >= 11 is 0. The van der Waals surface area contributed by atoms with Crippen LogP contribution in [0.25, 0.3) is 0 Å². The fourth-order valence-electron chi connectivity index (χ4n) is 3.47. The maximum Gasteiger partial charge on any atom is 0.325 e. The number of ether oxygens (including phenoxy) is 3. The Bertz CT molecular complexity index is 1150. The summed E-state index contributed by atoms with van der Waals surface area (Å²) < 4.78 is 15.5. The van der Waals surface area contributed by atoms with Crippen LogP contribution in [0.5, 0.6) is 17.2 Å². The summed E-state index contributed by atoms with van der Waals surface area (Å²) in [4.78, 5) is 49.4. The van der Waals surface area contributed by atoms with Gasteiger partial charge in [-0.05, 0) is 36.8 Å². The lowest BCUT2D eigenvalue weighted by Gasteiger charge is -2.22. The van der Waals surface area contributed by atoms with E-state index in [-0.39, 0.29) is 23.9 Å². The molecule has 32 heavy (non-hydrogen) atoms. The van der Waals surface area contributed by atoms with Crippen LogP contribution in [0, 0.1) is 10.1 Å². The number of nitro benzene ring substituents is 1. The van der Waals surface area contributed by atoms with Crippen LogP contribution in [0.15, 0.2) is 36.4 Å². The van der Waals surface area contributed by atoms with Crippen molar-refractivity contribution in [2.45, 2.75) is 12.5 Å². The largest absolute Gasteiger partial charge is 0.496 e. The molecule has 2 aliphatic heterocycles. The highest BCUT2D eigenvalue weighted by atomic mass is 16.7. The van der Waals surface area contributed by atoms with E-state index in [1.165, 1.54) is 26.2 Å². The molecule has 0 bridgehead atoms. The number of benzene rings is 2. The molecule has 1 fully saturated rings. The van der Waals surface area contributed by atoms with Gasteiger partial charge in [-0.1, -0.05) is 6.07 Å². The Kier molecular flexibility index (Phi) is 5.04. The van der Waals surface area contributed by atoms with E-state index in [1.54, 1.807) is 18.2 Å². The molecule has 4 rings (SSSR count). The third kappa shape index (κ3) is 3.51. The smallest absolute Gasteiger partial charge is 0.325 e. The van der Waals surface area contributed by atoms with Gasteiger partial charge >= 0.3 is 6.03 Å². The second-order valence-corrected chi connectivity index (χ2v) is 7.20. The Balaban J connectivity index is 1.52. The third-order valence-electron chi connectivity index (χ3n) is 5.20. The number of fused-ring (bicyclic) bond motifs is 1. The number of carbonyl (C=O) groups is 3. The zero-order valence-corrected chi connectivity index (χ0v) is 17.0. The van der Waals surface area contributed by atoms with E-state index in [2.05, 4.69) is 10.6 Å². The van der Waals surface area contributed by atoms with Crippen molar-refractivity contribution >= 4 is 29.2 Å². The second-order valence-electron chi connectivity index (χ2n) is 7.20. The first kappa shape index (κ1) is 20.9. The highest BCUT2D eigenvalue weighted by Gasteiger charge is 2.50. The zero-order chi connectivity index (χ0) is 23.0. The van der Waals surface area contributed by atoms with E-state index < -0.39 is 34.9 Å². The lowest BCUT2D eigenvalue weighted by molar-refractivity contribution is -0.384. The fourth-order valence-corrected chi connectivity index (χ4v) is 3.47. The highest BCUT2D eigenvalue weighted by Crippen LogP contribution is 2.38. The molecule has 1 atom stereocenters. The minimum absolute atomic E-state index is 0.0552. The average Bonchev–Trinajstić information content (AvgIpc) is 3.32. The maximum atomic E-state index is 13.1. The summed E-state index contributed by atoms with van der Waals surface area (Å²) in [6.07, 6.45) is 0. The molecular weight excluding hydrogens is 424 g/mol. The van der Waals surface area contributed by atoms with Gasteiger partial charge in [-0.3, -0.25) is 24.6 Å². The number of carbonyl (C=O) groups excluding carboxylic acids is 3. The molecule has 2 aliphatic rings. The quantitative estimate of drug-likeness (QED) is 0.390. The van der Waals surface area contributed by atoms with Gasteiger partial charge in [-0.25, -0.2) is 4.79 Å². The summed E-state index contributed by atoms with van der Waals surface area (Å²) in [6, 6.07) is 7.96. The molecule has 2 aromatic carbocycles. The topological polar surface area (TPSA) is 149 Å². The van der Waals surface area contributed by atoms with E-state index in [4.69, 9.17) is 14.2 Å². The first-order valence-electron chi connectivity index (χ1n) is 9.39. The highest BCUT2D eigenvalue weighted by molar-refractivity contribution is 6.10. The van der Waals surface area contributed by atoms with Crippen molar-refractivity contribution in [1.29, 1.82) is 0 Å². The number of nitro groups is 1. The minimum atomic E-state index is -1.43. The van der Waals surface area contributed by atoms with Gasteiger partial charge < -0.3 is 24.8 Å². The van der Waals surface area contributed by atoms with E-state index >= 15 is 0 Å². The molecule has 0 saturated carbocycles. The molecule has 0 aromatic heterocycles. The Labute approximate surface area is 181 Å². The number of rotatable bonds is 6. The van der Waals surface area contributed by atoms with Crippen molar-refractivity contribution in [1.82, 2.24) is 10.2 Å². The fraction of sp³-hybridized carbons (Fsp3) is 0.250. The zero-order valence-electron chi connectivity index (χ0n) is 17.0. The molecule has 2 N–H and O–H groups in total. The molecule has 4 amide bonds. The molecular formula is C20H18N4O8. The van der Waals surface area contributed by atoms with Crippen LogP contribution in [-0.2, 0) is 15.1 Å². The lowest BCUT2D eigenvalue weighted by atomic mass is 9.91. The Morgan fingerprint density at radius 1 is 1.25 bits per heavy atom. The predicted molar refractivity (Wildman–Crippen MR) is 108 cm³/mol. The van der Waals surface area contributed by atoms with E-state index in [0.29, 0.717) is 17.1 Å². The molecule has 1 saturated heterocycles. The van der Waals surface area contributed by atoms with Crippen molar-refractivity contribution in [3.63, 3.8) is 0 Å². The maximum absolute atomic E-state index is 13.1. The summed E-state index contributed by atoms with van der Waals surface area (Å²) in [6.45, 7) is 0.935. The SMILES string of the molecule is COc1ccc(NC(=O)CN2C(=O)N[C@@](C)(c3ccc4c(c3)OCO4)C2=O)c([N+](=O)[O-])c1. The van der Waals surface area contributed by atoms with Gasteiger partial charge in [0.05, 0.1) is 18.1 Å². The van der Waals surface area contributed by atoms with Crippen LogP contribution in [0.4, 0.5) is 16.2 Å². The normalized spacial score (nSPS) is 19.0. The van der Waals surface area contributed by atoms with E-state index in [0.717, 1.165) is 11.0 Å². The molecule has 2 aromatic rings. The van der Waals surface area contributed by atoms with Gasteiger partial charge in [0.25, 0.3) is 11.6 Å². The van der Waals surface area contributed by atoms with Gasteiger partial charge in [-0.2, -0.15) is 0 Å². The van der Waals surface area contributed by atoms with Crippen molar-refractivity contribution in [2.75, 3.05) is 25.8 Å². The first-order valence-corrected chi connectivity index (χ1v) is 9.39. The summed E-state index contributed by atoms with van der Waals surface area (Å²) in [7, 11) is 1.35. The van der Waals surface area contributed by atoms with Crippen molar-refractivity contribution in [3.8, 4) is 17.2 Å². The van der Waals surface area contributed by atoms with E-state index in [9.17, 15) is 24.5 Å². The monoisotopic (exact) mass is 442 g/mol. The standard InChI is InChI=1S/C20H18N4O8/c1-20(11-3-6-15-16(7-11)32-10-31-15)18(26)23(19(27)22-20)9-17(25)21-13-5-4-12(30-2)8-14(13)24(28)29/h3-8H,9-10H2,1-2H3,(H,21,25)(H,22,27)/t20-/m0/s1. The van der Waals surface area contributed by atoms with Crippen molar-refractivity contribution in [2.24, 2.45) is 0 Å². The number of methoxy groups -OCH3 is 1. The van der Waals surface area contributed by atoms with Gasteiger partial charge in [0.1, 0.15) is 23.5 Å². The number of anilines is 1. The number of urea groups is 1. The molecule has 166 valence electrons. The Hall–Kier alpha value is -4.35. The molecule has 0 aliphatic carbocycles. The molecule has 12 heteroatoms. The molecule has 2 heterocycles. The van der Waals surface area contributed by atoms with Gasteiger partial charge in [0.15, 0.2) is 11.5 Å². The number of hydrogen-bond donors (Lipinski definition) is 2. The molecule has 0 radical (unpaired) electrons. The lowest BCUT2D eigenvalue weighted by Crippen LogP contribution is -2.42. The number of imide groups is 1. The van der Waals surface area contributed by atoms with Crippen LogP contribution in [-0.4, -0.2) is 48.1 Å². The van der Waals surface area contributed by atoms with Gasteiger partial charge in [-0.15, -0.1) is 0 Å². The summed E-state index contributed by atoms with van der Waals surface area (Å²) in [5.41, 5.74) is -1.45. The average molecular weight is 442 g/mol. The molecule has 0 unspecified atom stereocenters. The van der Waals surface area contributed by atoms with Crippen LogP contribution < -0.4 is 24.8 Å². The summed E-state index contributed by atoms with van der Waals surface area (Å²) in [5.74, 6) is -0.235. The number of hydrogen-bond acceptors (Lipinski definition) is 8. The summed E-state index contributed by atoms with van der Waals surface area (Å²) in [5, 5.41) is 16.2. The van der Waals surface area contributed by atoms with Crippen LogP contribution in [0.1, 0.15) is 12.5 Å². The minimum Gasteiger partial charge on any atom is -0.496 e. The predicted octanol–water partition coefficient (Wildman–Crippen LogP) is 1.74. The molecule has 0 spiro atoms. The van der Waals surface area contributed by atoms with Gasteiger partial charge in [0, 0.05) is 0 Å². The Morgan fingerprint density at radius 2 is 2.00 bits per heavy atom. The first-order chi connectivity index (χ1) is 15.2. The molecule has 12 nitrogen and oxygen atoms in total. The van der Waals surface area contributed by atoms with E-state index in [1.807, 2.05) is 0 Å². The number of amides is 4. The number of nitrogens with one attached hydrogen (secondary N) is 2. The third-order valence-corrected chi connectivity index (χ3v) is 5.20. The van der Waals surface area contributed by atoms with Crippen molar-refractivity contribution in [3.05, 3.63) is 52.1 Å². The number of nitrogens with zero attached hydrogens (tertiary/aromatic N) is 2. The van der Waals surface area contributed by atoms with Crippen molar-refractivity contribution < 1.29 is 33.5 Å². The van der Waals surface area contributed by atoms with Crippen LogP contribution >= 0.6 is 0 Å². The van der Waals surface area contributed by atoms with Crippen LogP contribution in [0.3, 0.4) is 0 Å². The Morgan fingerprint density at radius 3 is 2.72 bits per heavy atom. The second kappa shape index (κ2) is 7.72. The van der Waals surface area contributed by atoms with Gasteiger partial charge in [0.2, 0.25) is 12.7 Å².